The summed E-state index contributed by atoms with van der Waals surface area (Å²) in [5.41, 5.74) is 2.58. The molecule has 2 aromatic carbocycles. The van der Waals surface area contributed by atoms with Gasteiger partial charge in [0.15, 0.2) is 5.82 Å². The van der Waals surface area contributed by atoms with E-state index in [0.717, 1.165) is 69.0 Å². The van der Waals surface area contributed by atoms with Gasteiger partial charge in [-0.25, -0.2) is 15.0 Å². The summed E-state index contributed by atoms with van der Waals surface area (Å²) in [5.74, 6) is 1.50. The lowest BCUT2D eigenvalue weighted by atomic mass is 10.2. The van der Waals surface area contributed by atoms with Crippen LogP contribution in [0.1, 0.15) is 0 Å². The number of nitrogens with one attached hydrogen (secondary N) is 2. The van der Waals surface area contributed by atoms with Crippen LogP contribution in [0.3, 0.4) is 0 Å². The smallest absolute Gasteiger partial charge is 0.229 e. The molecule has 3 heterocycles. The second-order valence-corrected chi connectivity index (χ2v) is 14.2. The zero-order valence-electron chi connectivity index (χ0n) is 23.6. The van der Waals surface area contributed by atoms with Crippen molar-refractivity contribution in [3.05, 3.63) is 53.7 Å². The van der Waals surface area contributed by atoms with Gasteiger partial charge >= 0.3 is 0 Å². The maximum atomic E-state index is 12.8. The summed E-state index contributed by atoms with van der Waals surface area (Å²) in [5, 5.41) is 12.6. The zero-order valence-corrected chi connectivity index (χ0v) is 25.3. The van der Waals surface area contributed by atoms with Crippen molar-refractivity contribution in [1.29, 1.82) is 0 Å². The normalized spacial score (nSPS) is 17.6. The Labute approximate surface area is 241 Å². The van der Waals surface area contributed by atoms with Crippen LogP contribution in [0.15, 0.2) is 48.7 Å². The number of aromatic nitrogens is 2. The Kier molecular flexibility index (Phi) is 8.83. The second-order valence-electron chi connectivity index (χ2n) is 10.6. The zero-order chi connectivity index (χ0) is 28.3. The first-order valence-electron chi connectivity index (χ1n) is 13.5. The van der Waals surface area contributed by atoms with Crippen LogP contribution < -0.4 is 25.6 Å². The average Bonchev–Trinajstić information content (AvgIpc) is 2.95. The van der Waals surface area contributed by atoms with Crippen molar-refractivity contribution in [3.63, 3.8) is 0 Å². The van der Waals surface area contributed by atoms with E-state index in [1.54, 1.807) is 26.6 Å². The van der Waals surface area contributed by atoms with Gasteiger partial charge in [-0.15, -0.1) is 0 Å². The first kappa shape index (κ1) is 28.6. The molecule has 5 rings (SSSR count). The summed E-state index contributed by atoms with van der Waals surface area (Å²) in [4.78, 5) is 13.7. The highest BCUT2D eigenvalue weighted by Crippen LogP contribution is 2.39. The molecule has 0 atom stereocenters. The lowest BCUT2D eigenvalue weighted by molar-refractivity contribution is -0.0564. The number of rotatable bonds is 8. The number of methoxy groups -OCH3 is 1. The summed E-state index contributed by atoms with van der Waals surface area (Å²) < 4.78 is 18.5. The van der Waals surface area contributed by atoms with Crippen LogP contribution in [0.2, 0.25) is 5.02 Å². The van der Waals surface area contributed by atoms with E-state index < -0.39 is 7.14 Å². The van der Waals surface area contributed by atoms with Crippen LogP contribution in [0.4, 0.5) is 28.8 Å². The van der Waals surface area contributed by atoms with E-state index in [0.29, 0.717) is 28.2 Å². The van der Waals surface area contributed by atoms with Gasteiger partial charge in [0, 0.05) is 69.4 Å². The first-order chi connectivity index (χ1) is 19.2. The number of anilines is 5. The van der Waals surface area contributed by atoms with Crippen molar-refractivity contribution in [1.82, 2.24) is 24.9 Å². The Morgan fingerprint density at radius 3 is 2.25 bits per heavy atom. The van der Waals surface area contributed by atoms with Gasteiger partial charge < -0.3 is 29.7 Å². The number of ether oxygens (including phenoxy) is 1. The van der Waals surface area contributed by atoms with Crippen molar-refractivity contribution >= 4 is 52.9 Å². The minimum absolute atomic E-state index is 0.362. The molecule has 1 aromatic heterocycles. The fourth-order valence-electron chi connectivity index (χ4n) is 5.11. The maximum Gasteiger partial charge on any atom is 0.229 e. The van der Waals surface area contributed by atoms with Gasteiger partial charge in [-0.2, -0.15) is 4.98 Å². The third-order valence-corrected chi connectivity index (χ3v) is 9.24. The van der Waals surface area contributed by atoms with E-state index >= 15 is 0 Å². The molecule has 214 valence electrons. The molecular formula is C28H38ClN8O2P. The molecule has 0 unspecified atom stereocenters. The monoisotopic (exact) mass is 584 g/mol. The number of benzene rings is 2. The molecular weight excluding hydrogens is 547 g/mol. The number of hydrogen-bond donors (Lipinski definition) is 2. The number of para-hydroxylation sites is 1. The molecule has 2 saturated heterocycles. The Bertz CT molecular complexity index is 1370. The van der Waals surface area contributed by atoms with Crippen LogP contribution in [-0.4, -0.2) is 105 Å². The second kappa shape index (κ2) is 12.3. The standard InChI is InChI=1S/C28H38ClN8O2P/c1-34-11-15-36(16-12-34)37-17-13-35(14-18-37)21-9-10-23(25(19-21)39-2)32-28-30-20-22(29)27(33-28)31-24-7-5-6-8-26(24)40(3,4)38/h5-10,19-20H,11-18H2,1-4H3,(H2,30,31,32,33). The summed E-state index contributed by atoms with van der Waals surface area (Å²) in [7, 11) is 1.34. The maximum absolute atomic E-state index is 12.8. The van der Waals surface area contributed by atoms with Gasteiger partial charge in [-0.05, 0) is 44.6 Å². The third kappa shape index (κ3) is 6.70. The Hall–Kier alpha value is -2.88. The lowest BCUT2D eigenvalue weighted by Crippen LogP contribution is -2.58. The molecule has 0 aliphatic carbocycles. The lowest BCUT2D eigenvalue weighted by Gasteiger charge is -2.44. The molecule has 10 nitrogen and oxygen atoms in total. The van der Waals surface area contributed by atoms with E-state index in [-0.39, 0.29) is 0 Å². The van der Waals surface area contributed by atoms with Crippen LogP contribution in [0.5, 0.6) is 5.75 Å². The summed E-state index contributed by atoms with van der Waals surface area (Å²) in [6.45, 7) is 11.9. The molecule has 40 heavy (non-hydrogen) atoms. The van der Waals surface area contributed by atoms with Crippen molar-refractivity contribution in [2.24, 2.45) is 0 Å². The van der Waals surface area contributed by atoms with E-state index in [4.69, 9.17) is 16.3 Å². The van der Waals surface area contributed by atoms with Crippen molar-refractivity contribution in [2.75, 3.05) is 95.4 Å². The highest BCUT2D eigenvalue weighted by atomic mass is 35.5. The van der Waals surface area contributed by atoms with E-state index in [1.165, 1.54) is 0 Å². The average molecular weight is 585 g/mol. The van der Waals surface area contributed by atoms with E-state index in [9.17, 15) is 4.57 Å². The molecule has 0 spiro atoms. The largest absolute Gasteiger partial charge is 0.494 e. The van der Waals surface area contributed by atoms with E-state index in [1.807, 2.05) is 30.3 Å². The number of halogens is 1. The summed E-state index contributed by atoms with van der Waals surface area (Å²) >= 11 is 6.42. The minimum atomic E-state index is -2.51. The van der Waals surface area contributed by atoms with Gasteiger partial charge in [0.2, 0.25) is 5.95 Å². The molecule has 2 aliphatic rings. The van der Waals surface area contributed by atoms with Gasteiger partial charge in [0.1, 0.15) is 17.9 Å². The van der Waals surface area contributed by atoms with Crippen molar-refractivity contribution < 1.29 is 9.30 Å². The van der Waals surface area contributed by atoms with Crippen molar-refractivity contribution in [2.45, 2.75) is 0 Å². The fourth-order valence-corrected chi connectivity index (χ4v) is 6.40. The minimum Gasteiger partial charge on any atom is -0.494 e. The fraction of sp³-hybridized carbons (Fsp3) is 0.429. The van der Waals surface area contributed by atoms with Crippen molar-refractivity contribution in [3.8, 4) is 5.75 Å². The highest BCUT2D eigenvalue weighted by molar-refractivity contribution is 7.70. The number of likely N-dealkylation sites (N-methyl/N-ethyl adjacent to an activating group) is 1. The number of hydrazine groups is 1. The van der Waals surface area contributed by atoms with Gasteiger partial charge in [-0.1, -0.05) is 23.7 Å². The summed E-state index contributed by atoms with van der Waals surface area (Å²) in [6.07, 6.45) is 1.54. The number of nitrogens with zero attached hydrogens (tertiary/aromatic N) is 6. The van der Waals surface area contributed by atoms with Gasteiger partial charge in [-0.3, -0.25) is 0 Å². The molecule has 0 radical (unpaired) electrons. The van der Waals surface area contributed by atoms with Crippen LogP contribution in [-0.2, 0) is 4.57 Å². The van der Waals surface area contributed by atoms with E-state index in [2.05, 4.69) is 59.6 Å². The Balaban J connectivity index is 1.27. The Morgan fingerprint density at radius 1 is 0.900 bits per heavy atom. The molecule has 0 amide bonds. The highest BCUT2D eigenvalue weighted by Gasteiger charge is 2.25. The van der Waals surface area contributed by atoms with Gasteiger partial charge in [0.05, 0.1) is 24.7 Å². The SMILES string of the molecule is COc1cc(N2CCN(N3CCN(C)CC3)CC2)ccc1Nc1ncc(Cl)c(Nc2ccccc2P(C)(C)=O)n1. The quantitative estimate of drug-likeness (QED) is 0.376. The molecule has 2 fully saturated rings. The topological polar surface area (TPSA) is 89.1 Å². The number of hydrogen-bond acceptors (Lipinski definition) is 10. The molecule has 0 saturated carbocycles. The van der Waals surface area contributed by atoms with Crippen LogP contribution in [0, 0.1) is 0 Å². The predicted molar refractivity (Wildman–Crippen MR) is 165 cm³/mol. The molecule has 2 aliphatic heterocycles. The molecule has 0 bridgehead atoms. The molecule has 12 heteroatoms. The van der Waals surface area contributed by atoms with Gasteiger partial charge in [0.25, 0.3) is 0 Å². The predicted octanol–water partition coefficient (Wildman–Crippen LogP) is 4.16. The molecule has 2 N–H and O–H groups in total. The first-order valence-corrected chi connectivity index (χ1v) is 16.5. The molecule has 3 aromatic rings. The Morgan fingerprint density at radius 2 is 1.57 bits per heavy atom. The van der Waals surface area contributed by atoms with Crippen LogP contribution >= 0.6 is 18.7 Å². The number of piperazine rings is 2. The third-order valence-electron chi connectivity index (χ3n) is 7.41. The summed E-state index contributed by atoms with van der Waals surface area (Å²) in [6, 6.07) is 13.6. The van der Waals surface area contributed by atoms with Crippen LogP contribution in [0.25, 0.3) is 0 Å².